The summed E-state index contributed by atoms with van der Waals surface area (Å²) in [6.07, 6.45) is 0. The van der Waals surface area contributed by atoms with Gasteiger partial charge in [-0.3, -0.25) is 0 Å². The van der Waals surface area contributed by atoms with Gasteiger partial charge in [0.05, 0.1) is 0 Å². The third-order valence-corrected chi connectivity index (χ3v) is 2.22. The van der Waals surface area contributed by atoms with E-state index >= 15 is 0 Å². The molecule has 1 heterocycles. The second-order valence-electron chi connectivity index (χ2n) is 2.98. The zero-order chi connectivity index (χ0) is 7.68. The molecule has 2 rings (SSSR count). The summed E-state index contributed by atoms with van der Waals surface area (Å²) in [5.41, 5.74) is 8.03. The molecule has 1 saturated heterocycles. The Morgan fingerprint density at radius 2 is 2.00 bits per heavy atom. The Balaban J connectivity index is 2.28. The minimum atomic E-state index is 0.649. The lowest BCUT2D eigenvalue weighted by Gasteiger charge is -2.28. The van der Waals surface area contributed by atoms with Gasteiger partial charge < -0.3 is 11.1 Å². The molecule has 2 nitrogen and oxygen atoms in total. The molecule has 58 valence electrons. The first-order valence-electron chi connectivity index (χ1n) is 3.93. The molecule has 1 fully saturated rings. The zero-order valence-electron chi connectivity index (χ0n) is 6.38. The Morgan fingerprint density at radius 1 is 1.27 bits per heavy atom. The van der Waals surface area contributed by atoms with Crippen molar-refractivity contribution in [3.8, 4) is 0 Å². The van der Waals surface area contributed by atoms with Gasteiger partial charge in [0.2, 0.25) is 0 Å². The summed E-state index contributed by atoms with van der Waals surface area (Å²) < 4.78 is 0. The summed E-state index contributed by atoms with van der Waals surface area (Å²) in [6, 6.07) is 8.10. The monoisotopic (exact) mass is 148 g/mol. The van der Waals surface area contributed by atoms with Crippen molar-refractivity contribution in [1.82, 2.24) is 5.32 Å². The number of rotatable bonds is 1. The Hall–Kier alpha value is -1.02. The molecule has 0 aliphatic carbocycles. The standard InChI is InChI=1S/C9H12N2/c10-9-4-2-1-3-8(9)7-5-11-6-7/h1-4,7,11H,5-6,10H2. The zero-order valence-corrected chi connectivity index (χ0v) is 6.38. The molecule has 2 heteroatoms. The van der Waals surface area contributed by atoms with E-state index in [4.69, 9.17) is 5.73 Å². The predicted molar refractivity (Wildman–Crippen MR) is 46.5 cm³/mol. The van der Waals surface area contributed by atoms with Gasteiger partial charge in [-0.25, -0.2) is 0 Å². The van der Waals surface area contributed by atoms with Crippen LogP contribution in [0.25, 0.3) is 0 Å². The van der Waals surface area contributed by atoms with Crippen LogP contribution in [0.15, 0.2) is 24.3 Å². The van der Waals surface area contributed by atoms with Gasteiger partial charge in [0, 0.05) is 24.7 Å². The van der Waals surface area contributed by atoms with E-state index in [9.17, 15) is 0 Å². The largest absolute Gasteiger partial charge is 0.398 e. The molecule has 0 bridgehead atoms. The molecule has 3 N–H and O–H groups in total. The predicted octanol–water partition coefficient (Wildman–Crippen LogP) is 0.956. The third kappa shape index (κ3) is 1.10. The SMILES string of the molecule is Nc1ccccc1C1CNC1. The fraction of sp³-hybridized carbons (Fsp3) is 0.333. The number of para-hydroxylation sites is 1. The van der Waals surface area contributed by atoms with Crippen LogP contribution in [0.2, 0.25) is 0 Å². The molecule has 0 unspecified atom stereocenters. The minimum Gasteiger partial charge on any atom is -0.398 e. The number of nitrogens with two attached hydrogens (primary N) is 1. The lowest BCUT2D eigenvalue weighted by Crippen LogP contribution is -2.40. The van der Waals surface area contributed by atoms with E-state index in [1.807, 2.05) is 18.2 Å². The normalized spacial score (nSPS) is 17.8. The molecule has 11 heavy (non-hydrogen) atoms. The van der Waals surface area contributed by atoms with Crippen LogP contribution in [0, 0.1) is 0 Å². The molecule has 0 aromatic heterocycles. The van der Waals surface area contributed by atoms with E-state index in [1.165, 1.54) is 5.56 Å². The van der Waals surface area contributed by atoms with Gasteiger partial charge in [0.1, 0.15) is 0 Å². The first-order valence-corrected chi connectivity index (χ1v) is 3.93. The van der Waals surface area contributed by atoms with Gasteiger partial charge in [-0.15, -0.1) is 0 Å². The first kappa shape index (κ1) is 6.68. The fourth-order valence-electron chi connectivity index (χ4n) is 1.39. The van der Waals surface area contributed by atoms with Crippen LogP contribution >= 0.6 is 0 Å². The number of hydrogen-bond acceptors (Lipinski definition) is 2. The molecule has 0 radical (unpaired) electrons. The Kier molecular flexibility index (Phi) is 1.55. The van der Waals surface area contributed by atoms with E-state index in [0.717, 1.165) is 18.8 Å². The first-order chi connectivity index (χ1) is 5.38. The smallest absolute Gasteiger partial charge is 0.0350 e. The van der Waals surface area contributed by atoms with Crippen molar-refractivity contribution in [2.45, 2.75) is 5.92 Å². The van der Waals surface area contributed by atoms with E-state index in [2.05, 4.69) is 11.4 Å². The highest BCUT2D eigenvalue weighted by molar-refractivity contribution is 5.49. The lowest BCUT2D eigenvalue weighted by atomic mass is 9.92. The second kappa shape index (κ2) is 2.55. The quantitative estimate of drug-likeness (QED) is 0.582. The number of benzene rings is 1. The van der Waals surface area contributed by atoms with E-state index in [0.29, 0.717) is 5.92 Å². The van der Waals surface area contributed by atoms with Gasteiger partial charge in [-0.05, 0) is 11.6 Å². The van der Waals surface area contributed by atoms with Crippen LogP contribution in [0.4, 0.5) is 5.69 Å². The Bertz CT molecular complexity index is 253. The average molecular weight is 148 g/mol. The van der Waals surface area contributed by atoms with E-state index in [1.54, 1.807) is 0 Å². The Labute approximate surface area is 66.4 Å². The summed E-state index contributed by atoms with van der Waals surface area (Å²) in [6.45, 7) is 2.16. The highest BCUT2D eigenvalue weighted by Crippen LogP contribution is 2.24. The molecule has 0 atom stereocenters. The van der Waals surface area contributed by atoms with Crippen LogP contribution in [-0.2, 0) is 0 Å². The topological polar surface area (TPSA) is 38.0 Å². The van der Waals surface area contributed by atoms with Crippen molar-refractivity contribution >= 4 is 5.69 Å². The highest BCUT2D eigenvalue weighted by atomic mass is 14.9. The number of hydrogen-bond donors (Lipinski definition) is 2. The van der Waals surface area contributed by atoms with E-state index < -0.39 is 0 Å². The summed E-state index contributed by atoms with van der Waals surface area (Å²) in [5, 5.41) is 3.23. The summed E-state index contributed by atoms with van der Waals surface area (Å²) >= 11 is 0. The second-order valence-corrected chi connectivity index (χ2v) is 2.98. The molecule has 1 aliphatic heterocycles. The van der Waals surface area contributed by atoms with Crippen molar-refractivity contribution < 1.29 is 0 Å². The van der Waals surface area contributed by atoms with Crippen molar-refractivity contribution in [3.63, 3.8) is 0 Å². The molecule has 1 aliphatic rings. The van der Waals surface area contributed by atoms with Crippen molar-refractivity contribution in [1.29, 1.82) is 0 Å². The lowest BCUT2D eigenvalue weighted by molar-refractivity contribution is 0.449. The van der Waals surface area contributed by atoms with Crippen LogP contribution in [0.1, 0.15) is 11.5 Å². The van der Waals surface area contributed by atoms with Crippen molar-refractivity contribution in [3.05, 3.63) is 29.8 Å². The van der Waals surface area contributed by atoms with Crippen molar-refractivity contribution in [2.75, 3.05) is 18.8 Å². The average Bonchev–Trinajstić information content (AvgIpc) is 1.90. The molecule has 1 aromatic carbocycles. The number of anilines is 1. The van der Waals surface area contributed by atoms with Gasteiger partial charge in [-0.1, -0.05) is 18.2 Å². The van der Waals surface area contributed by atoms with Gasteiger partial charge in [0.15, 0.2) is 0 Å². The molecular weight excluding hydrogens is 136 g/mol. The summed E-state index contributed by atoms with van der Waals surface area (Å²) in [7, 11) is 0. The van der Waals surface area contributed by atoms with Gasteiger partial charge in [-0.2, -0.15) is 0 Å². The third-order valence-electron chi connectivity index (χ3n) is 2.22. The van der Waals surface area contributed by atoms with Crippen LogP contribution in [-0.4, -0.2) is 13.1 Å². The van der Waals surface area contributed by atoms with Crippen molar-refractivity contribution in [2.24, 2.45) is 0 Å². The molecular formula is C9H12N2. The van der Waals surface area contributed by atoms with Crippen LogP contribution < -0.4 is 11.1 Å². The highest BCUT2D eigenvalue weighted by Gasteiger charge is 2.19. The molecule has 0 spiro atoms. The summed E-state index contributed by atoms with van der Waals surface area (Å²) in [4.78, 5) is 0. The number of nitrogen functional groups attached to an aromatic ring is 1. The number of nitrogens with one attached hydrogen (secondary N) is 1. The van der Waals surface area contributed by atoms with E-state index in [-0.39, 0.29) is 0 Å². The van der Waals surface area contributed by atoms with Crippen LogP contribution in [0.3, 0.4) is 0 Å². The molecule has 1 aromatic rings. The fourth-order valence-corrected chi connectivity index (χ4v) is 1.39. The maximum absolute atomic E-state index is 5.80. The Morgan fingerprint density at radius 3 is 2.55 bits per heavy atom. The summed E-state index contributed by atoms with van der Waals surface area (Å²) in [5.74, 6) is 0.649. The van der Waals surface area contributed by atoms with Gasteiger partial charge in [0.25, 0.3) is 0 Å². The maximum Gasteiger partial charge on any atom is 0.0350 e. The minimum absolute atomic E-state index is 0.649. The molecule has 0 saturated carbocycles. The van der Waals surface area contributed by atoms with Crippen LogP contribution in [0.5, 0.6) is 0 Å². The van der Waals surface area contributed by atoms with Gasteiger partial charge >= 0.3 is 0 Å². The molecule has 0 amide bonds. The maximum atomic E-state index is 5.80.